The van der Waals surface area contributed by atoms with Crippen LogP contribution in [0.15, 0.2) is 72.8 Å². The van der Waals surface area contributed by atoms with Crippen molar-refractivity contribution in [3.8, 4) is 0 Å². The Labute approximate surface area is 178 Å². The van der Waals surface area contributed by atoms with Gasteiger partial charge in [-0.2, -0.15) is 0 Å². The van der Waals surface area contributed by atoms with Gasteiger partial charge in [-0.05, 0) is 60.0 Å². The number of benzene rings is 3. The Morgan fingerprint density at radius 1 is 0.897 bits per heavy atom. The lowest BCUT2D eigenvalue weighted by molar-refractivity contribution is -0.139. The van der Waals surface area contributed by atoms with E-state index in [1.807, 2.05) is 12.1 Å². The van der Waals surface area contributed by atoms with Gasteiger partial charge in [0.05, 0.1) is 6.04 Å². The molecule has 4 rings (SSSR count). The molecule has 0 aliphatic carbocycles. The molecule has 0 radical (unpaired) electrons. The first-order valence-corrected chi connectivity index (χ1v) is 9.86. The van der Waals surface area contributed by atoms with E-state index in [0.717, 1.165) is 5.56 Å². The summed E-state index contributed by atoms with van der Waals surface area (Å²) in [5.74, 6) is -2.06. The minimum atomic E-state index is -0.970. The summed E-state index contributed by atoms with van der Waals surface area (Å²) in [5, 5.41) is 11.2. The molecular weight excluding hydrogens is 409 g/mol. The number of hydrogen-bond acceptors (Lipinski definition) is 2. The normalized spacial score (nSPS) is 18.4. The van der Waals surface area contributed by atoms with Gasteiger partial charge in [-0.25, -0.2) is 0 Å². The summed E-state index contributed by atoms with van der Waals surface area (Å²) >= 11 is 12.0. The van der Waals surface area contributed by atoms with Crippen molar-refractivity contribution in [2.45, 2.75) is 18.4 Å². The highest BCUT2D eigenvalue weighted by Crippen LogP contribution is 2.38. The zero-order chi connectivity index (χ0) is 20.5. The lowest BCUT2D eigenvalue weighted by Crippen LogP contribution is -2.51. The standard InChI is InChI=1S/C23H17Cl2NO3/c24-15-7-5-14(6-8-15)13-20-21(23(28)29)18-3-1-2-4-19(18)22(27)26(20)17-11-9-16(25)10-12-17/h1-12,20-21H,13H2,(H,28,29). The summed E-state index contributed by atoms with van der Waals surface area (Å²) < 4.78 is 0. The lowest BCUT2D eigenvalue weighted by atomic mass is 9.80. The van der Waals surface area contributed by atoms with Gasteiger partial charge in [-0.1, -0.05) is 53.5 Å². The fourth-order valence-corrected chi connectivity index (χ4v) is 4.13. The highest BCUT2D eigenvalue weighted by molar-refractivity contribution is 6.31. The molecular formula is C23H17Cl2NO3. The fraction of sp³-hybridized carbons (Fsp3) is 0.130. The number of hydrogen-bond donors (Lipinski definition) is 1. The van der Waals surface area contributed by atoms with Gasteiger partial charge in [0.15, 0.2) is 0 Å². The molecule has 0 fully saturated rings. The zero-order valence-corrected chi connectivity index (χ0v) is 16.8. The number of halogens is 2. The molecule has 146 valence electrons. The maximum Gasteiger partial charge on any atom is 0.313 e. The van der Waals surface area contributed by atoms with Gasteiger partial charge in [0, 0.05) is 21.3 Å². The molecule has 1 amide bonds. The van der Waals surface area contributed by atoms with Crippen LogP contribution in [0.2, 0.25) is 10.0 Å². The van der Waals surface area contributed by atoms with Crippen molar-refractivity contribution in [1.29, 1.82) is 0 Å². The molecule has 0 aromatic heterocycles. The smallest absolute Gasteiger partial charge is 0.313 e. The van der Waals surface area contributed by atoms with Gasteiger partial charge in [0.2, 0.25) is 0 Å². The third-order valence-corrected chi connectivity index (χ3v) is 5.69. The van der Waals surface area contributed by atoms with Gasteiger partial charge in [0.1, 0.15) is 5.92 Å². The molecule has 1 N–H and O–H groups in total. The van der Waals surface area contributed by atoms with E-state index in [9.17, 15) is 14.7 Å². The number of rotatable bonds is 4. The van der Waals surface area contributed by atoms with Crippen LogP contribution in [-0.4, -0.2) is 23.0 Å². The Morgan fingerprint density at radius 2 is 1.48 bits per heavy atom. The average molecular weight is 426 g/mol. The highest BCUT2D eigenvalue weighted by Gasteiger charge is 2.44. The largest absolute Gasteiger partial charge is 0.481 e. The Morgan fingerprint density at radius 3 is 2.10 bits per heavy atom. The summed E-state index contributed by atoms with van der Waals surface area (Å²) in [7, 11) is 0. The molecule has 6 heteroatoms. The first-order chi connectivity index (χ1) is 14.0. The quantitative estimate of drug-likeness (QED) is 0.605. The van der Waals surface area contributed by atoms with E-state index in [1.54, 1.807) is 65.6 Å². The van der Waals surface area contributed by atoms with Crippen molar-refractivity contribution >= 4 is 40.8 Å². The maximum atomic E-state index is 13.4. The lowest BCUT2D eigenvalue weighted by Gasteiger charge is -2.40. The molecule has 4 nitrogen and oxygen atoms in total. The Balaban J connectivity index is 1.87. The second kappa shape index (κ2) is 7.90. The Kier molecular flexibility index (Phi) is 5.31. The third-order valence-electron chi connectivity index (χ3n) is 5.19. The van der Waals surface area contributed by atoms with Crippen molar-refractivity contribution in [3.05, 3.63) is 99.5 Å². The van der Waals surface area contributed by atoms with Crippen LogP contribution in [0.4, 0.5) is 5.69 Å². The van der Waals surface area contributed by atoms with Crippen LogP contribution in [0.25, 0.3) is 0 Å². The molecule has 1 aliphatic rings. The number of anilines is 1. The molecule has 1 aliphatic heterocycles. The van der Waals surface area contributed by atoms with E-state index in [-0.39, 0.29) is 5.91 Å². The van der Waals surface area contributed by atoms with E-state index < -0.39 is 17.9 Å². The van der Waals surface area contributed by atoms with Gasteiger partial charge in [0.25, 0.3) is 5.91 Å². The van der Waals surface area contributed by atoms with Gasteiger partial charge in [-0.3, -0.25) is 9.59 Å². The Hall–Kier alpha value is -2.82. The molecule has 3 aromatic carbocycles. The number of carbonyl (C=O) groups is 2. The number of carbonyl (C=O) groups excluding carboxylic acids is 1. The average Bonchev–Trinajstić information content (AvgIpc) is 2.71. The summed E-state index contributed by atoms with van der Waals surface area (Å²) in [4.78, 5) is 27.3. The number of carboxylic acids is 1. The van der Waals surface area contributed by atoms with E-state index in [2.05, 4.69) is 0 Å². The van der Waals surface area contributed by atoms with Gasteiger partial charge >= 0.3 is 5.97 Å². The van der Waals surface area contributed by atoms with Gasteiger partial charge < -0.3 is 10.0 Å². The van der Waals surface area contributed by atoms with Crippen LogP contribution in [0.5, 0.6) is 0 Å². The van der Waals surface area contributed by atoms with Crippen molar-refractivity contribution in [3.63, 3.8) is 0 Å². The van der Waals surface area contributed by atoms with E-state index in [1.165, 1.54) is 0 Å². The predicted octanol–water partition coefficient (Wildman–Crippen LogP) is 5.43. The summed E-state index contributed by atoms with van der Waals surface area (Å²) in [5.41, 5.74) is 2.45. The first-order valence-electron chi connectivity index (χ1n) is 9.11. The number of carboxylic acid groups (broad SMARTS) is 1. The number of nitrogens with zero attached hydrogens (tertiary/aromatic N) is 1. The molecule has 2 atom stereocenters. The molecule has 0 saturated heterocycles. The van der Waals surface area contributed by atoms with Crippen LogP contribution in [0.1, 0.15) is 27.4 Å². The molecule has 0 saturated carbocycles. The maximum absolute atomic E-state index is 13.4. The molecule has 3 aromatic rings. The SMILES string of the molecule is O=C(O)C1c2ccccc2C(=O)N(c2ccc(Cl)cc2)C1Cc1ccc(Cl)cc1. The highest BCUT2D eigenvalue weighted by atomic mass is 35.5. The van der Waals surface area contributed by atoms with E-state index >= 15 is 0 Å². The van der Waals surface area contributed by atoms with Gasteiger partial charge in [-0.15, -0.1) is 0 Å². The van der Waals surface area contributed by atoms with Crippen LogP contribution >= 0.6 is 23.2 Å². The zero-order valence-electron chi connectivity index (χ0n) is 15.3. The molecule has 1 heterocycles. The van der Waals surface area contributed by atoms with Crippen LogP contribution in [-0.2, 0) is 11.2 Å². The van der Waals surface area contributed by atoms with Crippen LogP contribution in [0, 0.1) is 0 Å². The molecule has 0 spiro atoms. The van der Waals surface area contributed by atoms with Crippen LogP contribution < -0.4 is 4.90 Å². The fourth-order valence-electron chi connectivity index (χ4n) is 3.88. The Bertz CT molecular complexity index is 1060. The summed E-state index contributed by atoms with van der Waals surface area (Å²) in [6, 6.07) is 20.4. The van der Waals surface area contributed by atoms with E-state index in [0.29, 0.717) is 33.3 Å². The number of amides is 1. The van der Waals surface area contributed by atoms with Crippen molar-refractivity contribution in [2.24, 2.45) is 0 Å². The van der Waals surface area contributed by atoms with Crippen molar-refractivity contribution < 1.29 is 14.7 Å². The summed E-state index contributed by atoms with van der Waals surface area (Å²) in [6.07, 6.45) is 0.372. The molecule has 2 unspecified atom stereocenters. The van der Waals surface area contributed by atoms with Crippen molar-refractivity contribution in [1.82, 2.24) is 0 Å². The first kappa shape index (κ1) is 19.5. The monoisotopic (exact) mass is 425 g/mol. The number of aliphatic carboxylic acids is 1. The molecule has 0 bridgehead atoms. The second-order valence-electron chi connectivity index (χ2n) is 6.95. The third kappa shape index (κ3) is 3.74. The van der Waals surface area contributed by atoms with Crippen LogP contribution in [0.3, 0.4) is 0 Å². The van der Waals surface area contributed by atoms with E-state index in [4.69, 9.17) is 23.2 Å². The molecule has 29 heavy (non-hydrogen) atoms. The second-order valence-corrected chi connectivity index (χ2v) is 7.83. The topological polar surface area (TPSA) is 57.6 Å². The minimum Gasteiger partial charge on any atom is -0.481 e. The summed E-state index contributed by atoms with van der Waals surface area (Å²) in [6.45, 7) is 0. The predicted molar refractivity (Wildman–Crippen MR) is 114 cm³/mol. The number of fused-ring (bicyclic) bond motifs is 1. The minimum absolute atomic E-state index is 0.223. The van der Waals surface area contributed by atoms with Crippen molar-refractivity contribution in [2.75, 3.05) is 4.90 Å².